The highest BCUT2D eigenvalue weighted by molar-refractivity contribution is 7.91. The molecule has 0 radical (unpaired) electrons. The topological polar surface area (TPSA) is 203 Å². The number of aromatic nitrogens is 1. The van der Waals surface area contributed by atoms with Gasteiger partial charge < -0.3 is 34.9 Å². The van der Waals surface area contributed by atoms with Crippen LogP contribution >= 0.6 is 0 Å². The molecule has 2 fully saturated rings. The number of rotatable bonds is 7. The number of aliphatic hydroxyl groups excluding tert-OH is 1. The van der Waals surface area contributed by atoms with E-state index in [-0.39, 0.29) is 55.7 Å². The number of alkyl halides is 3. The van der Waals surface area contributed by atoms with Crippen molar-refractivity contribution in [3.8, 4) is 23.3 Å². The van der Waals surface area contributed by atoms with E-state index in [4.69, 9.17) is 14.2 Å². The van der Waals surface area contributed by atoms with Crippen LogP contribution in [0, 0.1) is 17.8 Å². The number of aryl methyl sites for hydroxylation is 1. The number of aliphatic hydroxyl groups is 1. The number of benzene rings is 1. The SMILES string of the molecule is CC(C)(C)OC(=O)NC1CCCCCC=CC2C#CC2(C(=O)NS(=O)(=O)C2(C)CC2)NC(=O)C2CC3(CCc4c(c(C(F)(F)F)nc5ccc(OCCO)cc45)O3)CN2C1=O. The molecule has 2 aromatic rings. The van der Waals surface area contributed by atoms with Crippen LogP contribution in [-0.4, -0.2) is 101 Å². The summed E-state index contributed by atoms with van der Waals surface area (Å²) in [5.74, 6) is 1.55. The van der Waals surface area contributed by atoms with Gasteiger partial charge in [0.1, 0.15) is 35.6 Å². The van der Waals surface area contributed by atoms with Crippen molar-refractivity contribution in [2.24, 2.45) is 5.92 Å². The molecule has 330 valence electrons. The van der Waals surface area contributed by atoms with Crippen LogP contribution in [0.3, 0.4) is 0 Å². The average molecular weight is 874 g/mol. The summed E-state index contributed by atoms with van der Waals surface area (Å²) < 4.78 is 89.4. The molecule has 4 N–H and O–H groups in total. The molecule has 4 heterocycles. The van der Waals surface area contributed by atoms with Crippen molar-refractivity contribution in [2.45, 2.75) is 132 Å². The van der Waals surface area contributed by atoms with Crippen LogP contribution in [0.15, 0.2) is 30.4 Å². The number of amides is 4. The highest BCUT2D eigenvalue weighted by Gasteiger charge is 2.59. The normalized spacial score (nSPS) is 27.3. The Balaban J connectivity index is 1.29. The first-order valence-electron chi connectivity index (χ1n) is 20.4. The molecule has 61 heavy (non-hydrogen) atoms. The van der Waals surface area contributed by atoms with Gasteiger partial charge in [-0.3, -0.25) is 14.4 Å². The van der Waals surface area contributed by atoms with Gasteiger partial charge in [-0.05, 0) is 90.8 Å². The van der Waals surface area contributed by atoms with E-state index in [1.165, 1.54) is 25.1 Å². The minimum atomic E-state index is -4.98. The average Bonchev–Trinajstić information content (AvgIpc) is 3.84. The number of hydrogen-bond donors (Lipinski definition) is 4. The van der Waals surface area contributed by atoms with Gasteiger partial charge in [0.05, 0.1) is 29.3 Å². The molecule has 3 aliphatic heterocycles. The summed E-state index contributed by atoms with van der Waals surface area (Å²) in [7, 11) is -4.19. The van der Waals surface area contributed by atoms with Gasteiger partial charge in [-0.15, -0.1) is 0 Å². The number of hydrogen-bond acceptors (Lipinski definition) is 11. The zero-order valence-corrected chi connectivity index (χ0v) is 35.2. The zero-order chi connectivity index (χ0) is 44.2. The first kappa shape index (κ1) is 44.0. The second kappa shape index (κ2) is 16.0. The molecule has 15 nitrogen and oxygen atoms in total. The van der Waals surface area contributed by atoms with Gasteiger partial charge in [-0.2, -0.15) is 13.2 Å². The molecule has 5 unspecified atom stereocenters. The number of nitrogens with one attached hydrogen (secondary N) is 3. The third kappa shape index (κ3) is 8.83. The van der Waals surface area contributed by atoms with E-state index in [0.717, 1.165) is 4.90 Å². The van der Waals surface area contributed by atoms with E-state index >= 15 is 0 Å². The van der Waals surface area contributed by atoms with Gasteiger partial charge >= 0.3 is 12.3 Å². The molecule has 5 aliphatic rings. The number of carbonyl (C=O) groups is 4. The van der Waals surface area contributed by atoms with Crippen molar-refractivity contribution in [3.05, 3.63) is 41.6 Å². The van der Waals surface area contributed by atoms with Crippen molar-refractivity contribution >= 4 is 44.7 Å². The Morgan fingerprint density at radius 2 is 1.89 bits per heavy atom. The number of alkyl carbamates (subject to hydrolysis) is 1. The second-order valence-corrected chi connectivity index (χ2v) is 19.9. The fourth-order valence-electron chi connectivity index (χ4n) is 8.21. The molecule has 7 rings (SSSR count). The number of sulfonamides is 1. The van der Waals surface area contributed by atoms with Crippen molar-refractivity contribution in [1.82, 2.24) is 25.2 Å². The van der Waals surface area contributed by atoms with Crippen LogP contribution in [0.4, 0.5) is 18.0 Å². The van der Waals surface area contributed by atoms with E-state index < -0.39 is 97.5 Å². The minimum absolute atomic E-state index is 0.00183. The van der Waals surface area contributed by atoms with E-state index in [2.05, 4.69) is 32.2 Å². The van der Waals surface area contributed by atoms with E-state index in [9.17, 15) is 45.9 Å². The van der Waals surface area contributed by atoms with E-state index in [0.29, 0.717) is 43.9 Å². The maximum atomic E-state index is 14.8. The lowest BCUT2D eigenvalue weighted by molar-refractivity contribution is -0.144. The monoisotopic (exact) mass is 873 g/mol. The van der Waals surface area contributed by atoms with Gasteiger partial charge in [0.2, 0.25) is 21.8 Å². The molecule has 1 spiro atoms. The van der Waals surface area contributed by atoms with Crippen molar-refractivity contribution in [2.75, 3.05) is 19.8 Å². The predicted molar refractivity (Wildman–Crippen MR) is 213 cm³/mol. The Morgan fingerprint density at radius 1 is 1.13 bits per heavy atom. The Morgan fingerprint density at radius 3 is 2.54 bits per heavy atom. The number of pyridine rings is 1. The second-order valence-electron chi connectivity index (χ2n) is 17.7. The van der Waals surface area contributed by atoms with Gasteiger partial charge in [0, 0.05) is 17.4 Å². The number of nitrogens with zero attached hydrogens (tertiary/aromatic N) is 2. The van der Waals surface area contributed by atoms with Crippen LogP contribution < -0.4 is 24.8 Å². The summed E-state index contributed by atoms with van der Waals surface area (Å²) in [5, 5.41) is 14.9. The number of carbonyl (C=O) groups excluding carboxylic acids is 4. The highest BCUT2D eigenvalue weighted by Crippen LogP contribution is 2.49. The lowest BCUT2D eigenvalue weighted by Crippen LogP contribution is -2.68. The van der Waals surface area contributed by atoms with Gasteiger partial charge in [0.15, 0.2) is 17.0 Å². The number of allylic oxidation sites excluding steroid dienone is 1. The van der Waals surface area contributed by atoms with Crippen LogP contribution in [0.2, 0.25) is 0 Å². The van der Waals surface area contributed by atoms with Crippen LogP contribution in [0.1, 0.15) is 96.7 Å². The smallest absolute Gasteiger partial charge is 0.437 e. The van der Waals surface area contributed by atoms with Gasteiger partial charge in [0.25, 0.3) is 5.91 Å². The first-order chi connectivity index (χ1) is 28.6. The lowest BCUT2D eigenvalue weighted by Gasteiger charge is -2.38. The van der Waals surface area contributed by atoms with Crippen molar-refractivity contribution in [3.63, 3.8) is 0 Å². The van der Waals surface area contributed by atoms with Gasteiger partial charge in [-0.1, -0.05) is 36.8 Å². The molecular formula is C42H50F3N5O10S. The Hall–Kier alpha value is -5.09. The quantitative estimate of drug-likeness (QED) is 0.230. The molecule has 19 heteroatoms. The minimum Gasteiger partial charge on any atom is -0.491 e. The molecule has 1 saturated heterocycles. The van der Waals surface area contributed by atoms with Crippen LogP contribution in [0.25, 0.3) is 10.9 Å². The Bertz CT molecular complexity index is 2330. The summed E-state index contributed by atoms with van der Waals surface area (Å²) in [4.78, 5) is 61.8. The fraction of sp³-hybridized carbons (Fsp3) is 0.595. The molecule has 1 aromatic carbocycles. The standard InChI is InChI=1S/C42H50F3N5O10S/c1-38(2,3)60-37(55)47-30-11-9-7-5-6-8-10-25-14-17-41(25,36(54)49-61(56,57)39(4)18-19-39)48-34(52)31-23-40(24-50(31)35(30)53)16-15-27-28-22-26(58-21-20-51)12-13-29(28)46-33(32(27)59-40)42(43,44)45/h8,10,12-13,22,25,30-31,51H,5-7,9,11,15-16,18-21,23-24H2,1-4H3,(H,47,55)(H,48,52)(H,49,54). The summed E-state index contributed by atoms with van der Waals surface area (Å²) in [6.45, 7) is 5.70. The predicted octanol–water partition coefficient (Wildman–Crippen LogP) is 4.19. The number of halogens is 3. The van der Waals surface area contributed by atoms with E-state index in [1.54, 1.807) is 32.9 Å². The molecule has 5 atom stereocenters. The van der Waals surface area contributed by atoms with Crippen molar-refractivity contribution < 1.29 is 60.1 Å². The molecular weight excluding hydrogens is 824 g/mol. The molecule has 4 amide bonds. The third-order valence-corrected chi connectivity index (χ3v) is 14.0. The third-order valence-electron chi connectivity index (χ3n) is 11.9. The van der Waals surface area contributed by atoms with Gasteiger partial charge in [-0.25, -0.2) is 22.9 Å². The maximum absolute atomic E-state index is 14.8. The summed E-state index contributed by atoms with van der Waals surface area (Å²) in [6.07, 6.45) is 0.258. The zero-order valence-electron chi connectivity index (χ0n) is 34.4. The largest absolute Gasteiger partial charge is 0.491 e. The lowest BCUT2D eigenvalue weighted by atomic mass is 9.75. The molecule has 2 aliphatic carbocycles. The van der Waals surface area contributed by atoms with Crippen LogP contribution in [-0.2, 0) is 41.7 Å². The molecule has 1 aromatic heterocycles. The molecule has 0 bridgehead atoms. The Labute approximate surface area is 351 Å². The summed E-state index contributed by atoms with van der Waals surface area (Å²) >= 11 is 0. The fourth-order valence-corrected chi connectivity index (χ4v) is 9.51. The maximum Gasteiger partial charge on any atom is 0.437 e. The summed E-state index contributed by atoms with van der Waals surface area (Å²) in [5.41, 5.74) is -5.70. The molecule has 1 saturated carbocycles. The highest BCUT2D eigenvalue weighted by atomic mass is 32.2. The number of ether oxygens (including phenoxy) is 3. The number of fused-ring (bicyclic) bond motifs is 5. The van der Waals surface area contributed by atoms with Crippen molar-refractivity contribution in [1.29, 1.82) is 0 Å². The van der Waals surface area contributed by atoms with Crippen LogP contribution in [0.5, 0.6) is 11.5 Å². The summed E-state index contributed by atoms with van der Waals surface area (Å²) in [6, 6.07) is 1.61. The van der Waals surface area contributed by atoms with E-state index in [1.807, 2.05) is 0 Å². The Kier molecular flexibility index (Phi) is 11.5. The first-order valence-corrected chi connectivity index (χ1v) is 21.9.